The van der Waals surface area contributed by atoms with E-state index in [0.29, 0.717) is 5.75 Å². The Labute approximate surface area is 183 Å². The molecule has 0 saturated carbocycles. The van der Waals surface area contributed by atoms with E-state index in [-0.39, 0.29) is 41.2 Å². The Morgan fingerprint density at radius 1 is 1.12 bits per heavy atom. The number of hydrogen-bond donors (Lipinski definition) is 2. The van der Waals surface area contributed by atoms with Crippen molar-refractivity contribution in [2.45, 2.75) is 24.7 Å². The number of amides is 1. The van der Waals surface area contributed by atoms with Crippen LogP contribution in [0, 0.1) is 5.82 Å². The summed E-state index contributed by atoms with van der Waals surface area (Å²) in [5, 5.41) is 10.5. The Morgan fingerprint density at radius 3 is 2.56 bits per heavy atom. The minimum absolute atomic E-state index is 0.0299. The molecule has 1 amide bonds. The molecular formula is C19H17F4N5O3S. The van der Waals surface area contributed by atoms with Crippen molar-refractivity contribution in [2.75, 3.05) is 11.6 Å². The number of hydrogen-bond acceptors (Lipinski definition) is 7. The maximum atomic E-state index is 12.9. The number of halogens is 4. The quantitative estimate of drug-likeness (QED) is 0.281. The molecule has 2 aromatic carbocycles. The van der Waals surface area contributed by atoms with Crippen LogP contribution >= 0.6 is 11.8 Å². The highest BCUT2D eigenvalue weighted by Gasteiger charge is 2.32. The Kier molecular flexibility index (Phi) is 7.41. The summed E-state index contributed by atoms with van der Waals surface area (Å²) in [5.74, 6) is 5.25. The van der Waals surface area contributed by atoms with E-state index in [9.17, 15) is 22.4 Å². The number of nitrogens with two attached hydrogens (primary N) is 1. The molecule has 0 saturated heterocycles. The third kappa shape index (κ3) is 6.77. The monoisotopic (exact) mass is 471 g/mol. The molecule has 0 aliphatic heterocycles. The molecule has 0 spiro atoms. The van der Waals surface area contributed by atoms with Crippen molar-refractivity contribution < 1.29 is 31.8 Å². The Hall–Kier alpha value is -3.48. The first-order chi connectivity index (χ1) is 15.2. The third-order valence-electron chi connectivity index (χ3n) is 3.92. The molecule has 0 bridgehead atoms. The molecule has 170 valence electrons. The van der Waals surface area contributed by atoms with Crippen molar-refractivity contribution in [3.63, 3.8) is 0 Å². The first-order valence-corrected chi connectivity index (χ1v) is 10.0. The molecule has 3 N–H and O–H groups in total. The normalized spacial score (nSPS) is 11.2. The number of rotatable bonds is 9. The zero-order valence-electron chi connectivity index (χ0n) is 16.3. The summed E-state index contributed by atoms with van der Waals surface area (Å²) in [4.78, 5) is 12.1. The highest BCUT2D eigenvalue weighted by molar-refractivity contribution is 7.99. The van der Waals surface area contributed by atoms with Crippen molar-refractivity contribution in [3.05, 3.63) is 65.7 Å². The number of ether oxygens (including phenoxy) is 2. The predicted molar refractivity (Wildman–Crippen MR) is 107 cm³/mol. The summed E-state index contributed by atoms with van der Waals surface area (Å²) >= 11 is 0.985. The average Bonchev–Trinajstić information content (AvgIpc) is 3.09. The largest absolute Gasteiger partial charge is 0.573 e. The van der Waals surface area contributed by atoms with Crippen molar-refractivity contribution in [2.24, 2.45) is 0 Å². The maximum Gasteiger partial charge on any atom is 0.573 e. The van der Waals surface area contributed by atoms with Crippen LogP contribution in [-0.2, 0) is 17.9 Å². The number of aromatic nitrogens is 3. The zero-order chi connectivity index (χ0) is 23.1. The minimum Gasteiger partial charge on any atom is -0.486 e. The number of benzene rings is 2. The Morgan fingerprint density at radius 2 is 1.84 bits per heavy atom. The standard InChI is InChI=1S/C19H17F4N5O3S/c20-13-5-7-14(8-6-13)30-10-16-26-27-18(28(16)24)32-11-17(29)25-9-12-3-1-2-4-15(12)31-19(21,22)23/h1-8H,9-11,24H2,(H,25,29). The van der Waals surface area contributed by atoms with Gasteiger partial charge in [0.25, 0.3) is 0 Å². The number of thioether (sulfide) groups is 1. The van der Waals surface area contributed by atoms with Crippen LogP contribution in [0.4, 0.5) is 17.6 Å². The van der Waals surface area contributed by atoms with E-state index < -0.39 is 18.1 Å². The van der Waals surface area contributed by atoms with Gasteiger partial charge >= 0.3 is 6.36 Å². The van der Waals surface area contributed by atoms with Gasteiger partial charge in [-0.3, -0.25) is 4.79 Å². The van der Waals surface area contributed by atoms with Crippen LogP contribution in [-0.4, -0.2) is 32.9 Å². The van der Waals surface area contributed by atoms with Gasteiger partial charge in [0.2, 0.25) is 11.1 Å². The van der Waals surface area contributed by atoms with E-state index in [4.69, 9.17) is 10.6 Å². The fourth-order valence-electron chi connectivity index (χ4n) is 2.43. The summed E-state index contributed by atoms with van der Waals surface area (Å²) in [6, 6.07) is 10.9. The van der Waals surface area contributed by atoms with Crippen LogP contribution in [0.3, 0.4) is 0 Å². The minimum atomic E-state index is -4.83. The highest BCUT2D eigenvalue weighted by atomic mass is 32.2. The first kappa shape index (κ1) is 23.2. The summed E-state index contributed by atoms with van der Waals surface area (Å²) in [6.07, 6.45) is -4.83. The molecule has 0 fully saturated rings. The summed E-state index contributed by atoms with van der Waals surface area (Å²) in [7, 11) is 0. The molecule has 0 aliphatic rings. The fraction of sp³-hybridized carbons (Fsp3) is 0.211. The molecule has 3 rings (SSSR count). The smallest absolute Gasteiger partial charge is 0.486 e. The lowest BCUT2D eigenvalue weighted by molar-refractivity contribution is -0.274. The van der Waals surface area contributed by atoms with Crippen molar-refractivity contribution in [1.29, 1.82) is 0 Å². The van der Waals surface area contributed by atoms with Crippen LogP contribution in [0.1, 0.15) is 11.4 Å². The maximum absolute atomic E-state index is 12.9. The lowest BCUT2D eigenvalue weighted by atomic mass is 10.2. The highest BCUT2D eigenvalue weighted by Crippen LogP contribution is 2.26. The van der Waals surface area contributed by atoms with Gasteiger partial charge in [-0.2, -0.15) is 0 Å². The van der Waals surface area contributed by atoms with Gasteiger partial charge in [-0.05, 0) is 30.3 Å². The summed E-state index contributed by atoms with van der Waals surface area (Å²) in [6.45, 7) is -0.185. The number of nitrogen functional groups attached to an aromatic ring is 1. The number of carbonyl (C=O) groups excluding carboxylic acids is 1. The van der Waals surface area contributed by atoms with Gasteiger partial charge in [-0.1, -0.05) is 30.0 Å². The molecule has 32 heavy (non-hydrogen) atoms. The van der Waals surface area contributed by atoms with Crippen LogP contribution < -0.4 is 20.6 Å². The van der Waals surface area contributed by atoms with Crippen molar-refractivity contribution in [1.82, 2.24) is 20.2 Å². The average molecular weight is 471 g/mol. The zero-order valence-corrected chi connectivity index (χ0v) is 17.1. The van der Waals surface area contributed by atoms with Crippen LogP contribution in [0.2, 0.25) is 0 Å². The van der Waals surface area contributed by atoms with Crippen molar-refractivity contribution in [3.8, 4) is 11.5 Å². The number of nitrogens with zero attached hydrogens (tertiary/aromatic N) is 3. The lowest BCUT2D eigenvalue weighted by Crippen LogP contribution is -2.26. The Bertz CT molecular complexity index is 1060. The van der Waals surface area contributed by atoms with Gasteiger partial charge < -0.3 is 20.6 Å². The second-order valence-electron chi connectivity index (χ2n) is 6.23. The lowest BCUT2D eigenvalue weighted by Gasteiger charge is -2.13. The van der Waals surface area contributed by atoms with Gasteiger partial charge in [0.1, 0.15) is 23.9 Å². The van der Waals surface area contributed by atoms with E-state index in [2.05, 4.69) is 20.3 Å². The molecule has 8 nitrogen and oxygen atoms in total. The predicted octanol–water partition coefficient (Wildman–Crippen LogP) is 3.02. The molecule has 13 heteroatoms. The molecule has 3 aromatic rings. The first-order valence-electron chi connectivity index (χ1n) is 9.02. The van der Waals surface area contributed by atoms with E-state index >= 15 is 0 Å². The number of carbonyl (C=O) groups is 1. The van der Waals surface area contributed by atoms with Gasteiger partial charge in [0.05, 0.1) is 5.75 Å². The number of alkyl halides is 3. The molecule has 1 aromatic heterocycles. The second-order valence-corrected chi connectivity index (χ2v) is 7.17. The summed E-state index contributed by atoms with van der Waals surface area (Å²) < 4.78 is 60.9. The number of para-hydroxylation sites is 1. The topological polar surface area (TPSA) is 104 Å². The molecular weight excluding hydrogens is 454 g/mol. The molecule has 0 unspecified atom stereocenters. The van der Waals surface area contributed by atoms with E-state index in [1.54, 1.807) is 0 Å². The summed E-state index contributed by atoms with van der Waals surface area (Å²) in [5.41, 5.74) is 0.172. The van der Waals surface area contributed by atoms with E-state index in [1.807, 2.05) is 0 Å². The van der Waals surface area contributed by atoms with E-state index in [0.717, 1.165) is 22.5 Å². The van der Waals surface area contributed by atoms with E-state index in [1.165, 1.54) is 42.5 Å². The molecule has 0 aliphatic carbocycles. The second kappa shape index (κ2) is 10.2. The molecule has 0 radical (unpaired) electrons. The van der Waals surface area contributed by atoms with Crippen molar-refractivity contribution >= 4 is 17.7 Å². The Balaban J connectivity index is 1.49. The SMILES string of the molecule is Nn1c(COc2ccc(F)cc2)nnc1SCC(=O)NCc1ccccc1OC(F)(F)F. The third-order valence-corrected chi connectivity index (χ3v) is 4.87. The van der Waals surface area contributed by atoms with Gasteiger partial charge in [0.15, 0.2) is 5.82 Å². The van der Waals surface area contributed by atoms with Crippen LogP contribution in [0.15, 0.2) is 53.7 Å². The molecule has 0 atom stereocenters. The molecule has 1 heterocycles. The van der Waals surface area contributed by atoms with Gasteiger partial charge in [-0.15, -0.1) is 23.4 Å². The fourth-order valence-corrected chi connectivity index (χ4v) is 3.14. The van der Waals surface area contributed by atoms with Crippen LogP contribution in [0.25, 0.3) is 0 Å². The van der Waals surface area contributed by atoms with Gasteiger partial charge in [0, 0.05) is 12.1 Å². The van der Waals surface area contributed by atoms with Gasteiger partial charge in [-0.25, -0.2) is 9.07 Å². The number of nitrogens with one attached hydrogen (secondary N) is 1. The van der Waals surface area contributed by atoms with Crippen LogP contribution in [0.5, 0.6) is 11.5 Å².